The van der Waals surface area contributed by atoms with E-state index in [0.29, 0.717) is 0 Å². The molecule has 0 spiro atoms. The molecule has 0 aliphatic rings. The van der Waals surface area contributed by atoms with E-state index in [1.165, 1.54) is 0 Å². The third-order valence-electron chi connectivity index (χ3n) is 1.56. The van der Waals surface area contributed by atoms with Crippen LogP contribution in [0.3, 0.4) is 0 Å². The Balaban J connectivity index is 3.68. The van der Waals surface area contributed by atoms with Crippen molar-refractivity contribution in [3.8, 4) is 0 Å². The van der Waals surface area contributed by atoms with Crippen molar-refractivity contribution in [2.45, 2.75) is 6.42 Å². The summed E-state index contributed by atoms with van der Waals surface area (Å²) >= 11 is 0. The maximum Gasteiger partial charge on any atom is 0.181 e. The lowest BCUT2D eigenvalue weighted by atomic mass is 10.3. The standard InChI is InChI=1S/C7H16NO2/c1-3-4-5-8(2,6-9)7-10/h3,9-10H,1,4-7H2,2H3/q+1. The molecule has 60 valence electrons. The minimum absolute atomic E-state index is 0.0235. The number of aliphatic hydroxyl groups is 2. The molecule has 0 saturated carbocycles. The van der Waals surface area contributed by atoms with Gasteiger partial charge in [0, 0.05) is 6.42 Å². The summed E-state index contributed by atoms with van der Waals surface area (Å²) in [4.78, 5) is 0. The molecule has 0 aliphatic carbocycles. The number of nitrogens with zero attached hydrogens (tertiary/aromatic N) is 1. The third kappa shape index (κ3) is 2.96. The minimum Gasteiger partial charge on any atom is -0.347 e. The van der Waals surface area contributed by atoms with E-state index in [2.05, 4.69) is 6.58 Å². The molecule has 0 fully saturated rings. The Bertz CT molecular complexity index is 99.8. The van der Waals surface area contributed by atoms with Gasteiger partial charge in [0.1, 0.15) is 0 Å². The Morgan fingerprint density at radius 2 is 1.90 bits per heavy atom. The fourth-order valence-electron chi connectivity index (χ4n) is 0.589. The smallest absolute Gasteiger partial charge is 0.181 e. The van der Waals surface area contributed by atoms with Gasteiger partial charge in [0.2, 0.25) is 0 Å². The van der Waals surface area contributed by atoms with E-state index in [4.69, 9.17) is 10.2 Å². The molecule has 0 aromatic carbocycles. The molecule has 3 nitrogen and oxygen atoms in total. The van der Waals surface area contributed by atoms with Crippen molar-refractivity contribution in [3.05, 3.63) is 12.7 Å². The summed E-state index contributed by atoms with van der Waals surface area (Å²) in [7, 11) is 1.80. The maximum absolute atomic E-state index is 8.79. The minimum atomic E-state index is -0.0235. The van der Waals surface area contributed by atoms with E-state index >= 15 is 0 Å². The molecule has 10 heavy (non-hydrogen) atoms. The zero-order valence-corrected chi connectivity index (χ0v) is 6.45. The van der Waals surface area contributed by atoms with Crippen molar-refractivity contribution >= 4 is 0 Å². The number of aliphatic hydroxyl groups excluding tert-OH is 2. The lowest BCUT2D eigenvalue weighted by Gasteiger charge is -2.28. The quantitative estimate of drug-likeness (QED) is 0.323. The number of quaternary nitrogens is 1. The maximum atomic E-state index is 8.79. The van der Waals surface area contributed by atoms with E-state index in [0.717, 1.165) is 13.0 Å². The predicted molar refractivity (Wildman–Crippen MR) is 40.0 cm³/mol. The Kier molecular flexibility index (Phi) is 4.27. The third-order valence-corrected chi connectivity index (χ3v) is 1.56. The topological polar surface area (TPSA) is 40.5 Å². The van der Waals surface area contributed by atoms with E-state index in [-0.39, 0.29) is 17.9 Å². The van der Waals surface area contributed by atoms with Gasteiger partial charge in [-0.2, -0.15) is 0 Å². The summed E-state index contributed by atoms with van der Waals surface area (Å²) in [6.07, 6.45) is 2.60. The fourth-order valence-corrected chi connectivity index (χ4v) is 0.589. The summed E-state index contributed by atoms with van der Waals surface area (Å²) in [6, 6.07) is 0. The van der Waals surface area contributed by atoms with Gasteiger partial charge in [-0.15, -0.1) is 6.58 Å². The molecular weight excluding hydrogens is 130 g/mol. The van der Waals surface area contributed by atoms with Crippen molar-refractivity contribution in [3.63, 3.8) is 0 Å². The Morgan fingerprint density at radius 1 is 1.40 bits per heavy atom. The highest BCUT2D eigenvalue weighted by atomic mass is 16.3. The van der Waals surface area contributed by atoms with Crippen molar-refractivity contribution < 1.29 is 14.7 Å². The first-order valence-corrected chi connectivity index (χ1v) is 3.34. The van der Waals surface area contributed by atoms with Gasteiger partial charge in [-0.1, -0.05) is 6.08 Å². The number of hydrogen-bond donors (Lipinski definition) is 2. The Hall–Kier alpha value is -0.380. The van der Waals surface area contributed by atoms with Crippen LogP contribution in [0.25, 0.3) is 0 Å². The highest BCUT2D eigenvalue weighted by Crippen LogP contribution is 1.99. The van der Waals surface area contributed by atoms with E-state index < -0.39 is 0 Å². The van der Waals surface area contributed by atoms with Crippen LogP contribution < -0.4 is 0 Å². The molecule has 3 heteroatoms. The van der Waals surface area contributed by atoms with Crippen LogP contribution in [0.1, 0.15) is 6.42 Å². The molecule has 0 radical (unpaired) electrons. The predicted octanol–water partition coefficient (Wildman–Crippen LogP) is -0.0913. The molecule has 0 aromatic heterocycles. The molecular formula is C7H16NO2+. The second-order valence-corrected chi connectivity index (χ2v) is 2.70. The zero-order valence-electron chi connectivity index (χ0n) is 6.45. The van der Waals surface area contributed by atoms with Gasteiger partial charge >= 0.3 is 0 Å². The first kappa shape index (κ1) is 9.62. The van der Waals surface area contributed by atoms with Crippen LogP contribution in [0.2, 0.25) is 0 Å². The summed E-state index contributed by atoms with van der Waals surface area (Å²) in [5.41, 5.74) is 0. The molecule has 0 amide bonds. The first-order valence-electron chi connectivity index (χ1n) is 3.34. The average Bonchev–Trinajstić information content (AvgIpc) is 2.00. The molecule has 0 atom stereocenters. The van der Waals surface area contributed by atoms with Gasteiger partial charge in [0.15, 0.2) is 13.5 Å². The molecule has 2 N–H and O–H groups in total. The average molecular weight is 146 g/mol. The highest BCUT2D eigenvalue weighted by Gasteiger charge is 2.16. The van der Waals surface area contributed by atoms with Crippen LogP contribution in [0.5, 0.6) is 0 Å². The first-order chi connectivity index (χ1) is 4.68. The Labute approximate surface area is 61.8 Å². The van der Waals surface area contributed by atoms with Crippen LogP contribution in [0.4, 0.5) is 0 Å². The lowest BCUT2D eigenvalue weighted by Crippen LogP contribution is -2.46. The summed E-state index contributed by atoms with van der Waals surface area (Å²) in [5, 5.41) is 17.6. The van der Waals surface area contributed by atoms with Crippen molar-refractivity contribution in [2.75, 3.05) is 27.1 Å². The van der Waals surface area contributed by atoms with E-state index in [1.807, 2.05) is 0 Å². The van der Waals surface area contributed by atoms with Crippen LogP contribution in [0, 0.1) is 0 Å². The van der Waals surface area contributed by atoms with Gasteiger partial charge in [0.05, 0.1) is 13.6 Å². The van der Waals surface area contributed by atoms with Crippen LogP contribution in [0.15, 0.2) is 12.7 Å². The second-order valence-electron chi connectivity index (χ2n) is 2.70. The number of rotatable bonds is 5. The van der Waals surface area contributed by atoms with Crippen LogP contribution >= 0.6 is 0 Å². The van der Waals surface area contributed by atoms with Gasteiger partial charge in [0.25, 0.3) is 0 Å². The molecule has 0 aromatic rings. The van der Waals surface area contributed by atoms with Crippen molar-refractivity contribution in [1.29, 1.82) is 0 Å². The van der Waals surface area contributed by atoms with Crippen LogP contribution in [-0.4, -0.2) is 41.8 Å². The van der Waals surface area contributed by atoms with E-state index in [9.17, 15) is 0 Å². The Morgan fingerprint density at radius 3 is 2.20 bits per heavy atom. The molecule has 0 heterocycles. The molecule has 0 saturated heterocycles. The second kappa shape index (κ2) is 4.44. The van der Waals surface area contributed by atoms with Gasteiger partial charge < -0.3 is 10.2 Å². The van der Waals surface area contributed by atoms with E-state index in [1.54, 1.807) is 13.1 Å². The SMILES string of the molecule is C=CCC[N+](C)(CO)CO. The lowest BCUT2D eigenvalue weighted by molar-refractivity contribution is -0.943. The van der Waals surface area contributed by atoms with Gasteiger partial charge in [-0.25, -0.2) is 0 Å². The van der Waals surface area contributed by atoms with Gasteiger partial charge in [-0.05, 0) is 0 Å². The zero-order chi connectivity index (χ0) is 8.04. The molecule has 0 unspecified atom stereocenters. The fraction of sp³-hybridized carbons (Fsp3) is 0.714. The van der Waals surface area contributed by atoms with Crippen molar-refractivity contribution in [1.82, 2.24) is 0 Å². The summed E-state index contributed by atoms with van der Waals surface area (Å²) in [5.74, 6) is 0. The van der Waals surface area contributed by atoms with Crippen molar-refractivity contribution in [2.24, 2.45) is 0 Å². The largest absolute Gasteiger partial charge is 0.347 e. The normalized spacial score (nSPS) is 11.5. The molecule has 0 bridgehead atoms. The summed E-state index contributed by atoms with van der Waals surface area (Å²) in [6.45, 7) is 4.24. The van der Waals surface area contributed by atoms with Crippen LogP contribution in [-0.2, 0) is 0 Å². The highest BCUT2D eigenvalue weighted by molar-refractivity contribution is 4.64. The summed E-state index contributed by atoms with van der Waals surface area (Å²) < 4.78 is 0.284. The molecule has 0 aliphatic heterocycles. The monoisotopic (exact) mass is 146 g/mol. The van der Waals surface area contributed by atoms with Gasteiger partial charge in [-0.3, -0.25) is 4.48 Å². The molecule has 0 rings (SSSR count). The number of hydrogen-bond acceptors (Lipinski definition) is 2.